The van der Waals surface area contributed by atoms with Gasteiger partial charge >= 0.3 is 11.9 Å². The maximum Gasteiger partial charge on any atom is 0.326 e. The van der Waals surface area contributed by atoms with Gasteiger partial charge in [0.1, 0.15) is 36.3 Å². The number of nitrogens with two attached hydrogens (primary N) is 3. The summed E-state index contributed by atoms with van der Waals surface area (Å²) >= 11 is 0. The summed E-state index contributed by atoms with van der Waals surface area (Å²) in [7, 11) is 0. The predicted molar refractivity (Wildman–Crippen MR) is 186 cm³/mol. The van der Waals surface area contributed by atoms with Crippen molar-refractivity contribution < 1.29 is 58.8 Å². The molecule has 1 rings (SSSR count). The van der Waals surface area contributed by atoms with Crippen molar-refractivity contribution in [2.75, 3.05) is 26.2 Å². The van der Waals surface area contributed by atoms with E-state index in [0.717, 1.165) is 4.90 Å². The number of aliphatic carboxylic acids is 2. The number of aliphatic hydroxyl groups excluding tert-OH is 2. The molecule has 0 aliphatic carbocycles. The molecule has 0 radical (unpaired) electrons. The summed E-state index contributed by atoms with van der Waals surface area (Å²) in [5.41, 5.74) is 16.4. The van der Waals surface area contributed by atoms with Crippen molar-refractivity contribution in [3.63, 3.8) is 0 Å². The molecule has 15 N–H and O–H groups in total. The molecule has 7 atom stereocenters. The number of carbonyl (C=O) groups is 8. The molecule has 1 saturated heterocycles. The zero-order valence-corrected chi connectivity index (χ0v) is 30.1. The number of carboxylic acid groups (broad SMARTS) is 2. The number of hydrogen-bond donors (Lipinski definition) is 12. The van der Waals surface area contributed by atoms with Crippen molar-refractivity contribution in [2.24, 2.45) is 28.1 Å². The molecule has 0 aromatic rings. The summed E-state index contributed by atoms with van der Waals surface area (Å²) in [6, 6.07) is -8.30. The quantitative estimate of drug-likeness (QED) is 0.0263. The molecular weight excluding hydrogens is 704 g/mol. The van der Waals surface area contributed by atoms with E-state index in [4.69, 9.17) is 17.2 Å². The third kappa shape index (κ3) is 16.4. The van der Waals surface area contributed by atoms with Gasteiger partial charge < -0.3 is 69.1 Å². The predicted octanol–water partition coefficient (Wildman–Crippen LogP) is -5.22. The first kappa shape index (κ1) is 45.9. The van der Waals surface area contributed by atoms with Gasteiger partial charge in [-0.15, -0.1) is 0 Å². The van der Waals surface area contributed by atoms with Crippen LogP contribution in [0, 0.1) is 5.92 Å². The van der Waals surface area contributed by atoms with Gasteiger partial charge in [-0.2, -0.15) is 0 Å². The van der Waals surface area contributed by atoms with Crippen molar-refractivity contribution in [3.05, 3.63) is 0 Å². The lowest BCUT2D eigenvalue weighted by atomic mass is 10.0. The lowest BCUT2D eigenvalue weighted by Gasteiger charge is -2.27. The molecule has 1 aliphatic rings. The lowest BCUT2D eigenvalue weighted by Crippen LogP contribution is -2.60. The number of guanidine groups is 1. The molecule has 0 unspecified atom stereocenters. The van der Waals surface area contributed by atoms with E-state index in [9.17, 15) is 58.8 Å². The van der Waals surface area contributed by atoms with Crippen LogP contribution in [0.15, 0.2) is 4.99 Å². The zero-order valence-electron chi connectivity index (χ0n) is 30.1. The second-order valence-corrected chi connectivity index (χ2v) is 13.0. The Kier molecular flexibility index (Phi) is 19.7. The zero-order chi connectivity index (χ0) is 40.4. The van der Waals surface area contributed by atoms with Crippen molar-refractivity contribution >= 4 is 53.3 Å². The highest BCUT2D eigenvalue weighted by molar-refractivity contribution is 5.96. The Morgan fingerprint density at radius 2 is 1.36 bits per heavy atom. The van der Waals surface area contributed by atoms with Crippen LogP contribution in [0.4, 0.5) is 0 Å². The highest BCUT2D eigenvalue weighted by Crippen LogP contribution is 2.17. The second kappa shape index (κ2) is 22.8. The molecule has 22 nitrogen and oxygen atoms in total. The smallest absolute Gasteiger partial charge is 0.326 e. The molecule has 0 bridgehead atoms. The normalized spacial score (nSPS) is 17.3. The average molecular weight is 759 g/mol. The van der Waals surface area contributed by atoms with Crippen LogP contribution in [0.1, 0.15) is 65.7 Å². The highest BCUT2D eigenvalue weighted by Gasteiger charge is 2.35. The minimum absolute atomic E-state index is 0.0326. The Hall–Kier alpha value is -5.09. The number of rotatable bonds is 23. The fraction of sp³-hybridized carbons (Fsp3) is 0.710. The molecule has 6 amide bonds. The van der Waals surface area contributed by atoms with Crippen LogP contribution in [0.5, 0.6) is 0 Å². The summed E-state index contributed by atoms with van der Waals surface area (Å²) in [5.74, 6) is -8.32. The summed E-state index contributed by atoms with van der Waals surface area (Å²) in [6.07, 6.45) is -1.54. The van der Waals surface area contributed by atoms with Gasteiger partial charge in [0.2, 0.25) is 35.4 Å². The maximum absolute atomic E-state index is 13.6. The minimum Gasteiger partial charge on any atom is -0.481 e. The molecule has 22 heteroatoms. The molecule has 0 saturated carbocycles. The largest absolute Gasteiger partial charge is 0.481 e. The Morgan fingerprint density at radius 3 is 1.87 bits per heavy atom. The van der Waals surface area contributed by atoms with Crippen molar-refractivity contribution in [1.29, 1.82) is 0 Å². The number of nitrogens with one attached hydrogen (secondary N) is 5. The highest BCUT2D eigenvalue weighted by atomic mass is 16.4. The fourth-order valence-electron chi connectivity index (χ4n) is 5.22. The second-order valence-electron chi connectivity index (χ2n) is 13.0. The first-order valence-corrected chi connectivity index (χ1v) is 17.1. The van der Waals surface area contributed by atoms with Crippen LogP contribution in [-0.2, 0) is 38.4 Å². The van der Waals surface area contributed by atoms with E-state index in [-0.39, 0.29) is 50.7 Å². The summed E-state index contributed by atoms with van der Waals surface area (Å²) in [4.78, 5) is 106. The summed E-state index contributed by atoms with van der Waals surface area (Å²) < 4.78 is 0. The van der Waals surface area contributed by atoms with Gasteiger partial charge in [-0.05, 0) is 51.4 Å². The molecular formula is C31H54N10O12. The van der Waals surface area contributed by atoms with E-state index in [2.05, 4.69) is 31.6 Å². The number of nitrogens with zero attached hydrogens (tertiary/aromatic N) is 2. The SMILES string of the molecule is CC(C)C[C@H](NC(=O)[C@@H](N)[C@@H](C)O)C(=O)N[C@@H](CCCN=C(N)N)C(=O)N[C@@H](CCC(=O)O)C(=O)N[C@@H](CO)C(=O)NCC(=O)N1CCC[C@H]1C(=O)O. The number of aliphatic imine (C=N–C) groups is 1. The van der Waals surface area contributed by atoms with E-state index < -0.39 is 116 Å². The van der Waals surface area contributed by atoms with Gasteiger partial charge in [0.25, 0.3) is 0 Å². The molecule has 1 fully saturated rings. The number of carboxylic acids is 2. The van der Waals surface area contributed by atoms with Crippen LogP contribution in [-0.4, -0.2) is 147 Å². The van der Waals surface area contributed by atoms with Gasteiger partial charge in [-0.3, -0.25) is 38.6 Å². The standard InChI is InChI=1S/C31H54N10O12/c1-15(2)12-19(39-29(51)24(32)16(3)43)28(50)37-17(6-4-10-35-31(33)34)26(48)38-18(8-9-23(45)46)27(49)40-20(14-42)25(47)36-13-22(44)41-11-5-7-21(41)30(52)53/h15-21,24,42-43H,4-14,32H2,1-3H3,(H,36,47)(H,37,50)(H,38,48)(H,39,51)(H,40,49)(H,45,46)(H,52,53)(H4,33,34,35)/t16-,17+,18+,19+,20+,21+,24+/m1/s1. The van der Waals surface area contributed by atoms with Gasteiger partial charge in [-0.25, -0.2) is 4.79 Å². The molecule has 300 valence electrons. The first-order chi connectivity index (χ1) is 24.8. The third-order valence-electron chi connectivity index (χ3n) is 8.11. The summed E-state index contributed by atoms with van der Waals surface area (Å²) in [6.45, 7) is 3.41. The molecule has 1 heterocycles. The number of amides is 6. The lowest BCUT2D eigenvalue weighted by molar-refractivity contribution is -0.148. The van der Waals surface area contributed by atoms with E-state index in [1.165, 1.54) is 6.92 Å². The van der Waals surface area contributed by atoms with Crippen LogP contribution >= 0.6 is 0 Å². The van der Waals surface area contributed by atoms with Gasteiger partial charge in [0.15, 0.2) is 5.96 Å². The van der Waals surface area contributed by atoms with Crippen LogP contribution in [0.2, 0.25) is 0 Å². The van der Waals surface area contributed by atoms with Gasteiger partial charge in [0.05, 0.1) is 19.3 Å². The number of carbonyl (C=O) groups excluding carboxylic acids is 6. The molecule has 1 aliphatic heterocycles. The third-order valence-corrected chi connectivity index (χ3v) is 8.11. The Bertz CT molecular complexity index is 1340. The van der Waals surface area contributed by atoms with Crippen molar-refractivity contribution in [1.82, 2.24) is 31.5 Å². The van der Waals surface area contributed by atoms with Crippen LogP contribution in [0.3, 0.4) is 0 Å². The van der Waals surface area contributed by atoms with Crippen molar-refractivity contribution in [2.45, 2.75) is 108 Å². The minimum atomic E-state index is -1.67. The van der Waals surface area contributed by atoms with Gasteiger partial charge in [0, 0.05) is 19.5 Å². The van der Waals surface area contributed by atoms with Crippen LogP contribution in [0.25, 0.3) is 0 Å². The maximum atomic E-state index is 13.6. The molecule has 53 heavy (non-hydrogen) atoms. The monoisotopic (exact) mass is 758 g/mol. The average Bonchev–Trinajstić information content (AvgIpc) is 3.58. The number of likely N-dealkylation sites (tertiary alicyclic amines) is 1. The Labute approximate surface area is 306 Å². The Morgan fingerprint density at radius 1 is 0.811 bits per heavy atom. The van der Waals surface area contributed by atoms with E-state index in [0.29, 0.717) is 6.42 Å². The van der Waals surface area contributed by atoms with Gasteiger partial charge in [-0.1, -0.05) is 13.8 Å². The Balaban J connectivity index is 3.18. The van der Waals surface area contributed by atoms with E-state index in [1.54, 1.807) is 13.8 Å². The van der Waals surface area contributed by atoms with E-state index >= 15 is 0 Å². The number of aliphatic hydroxyl groups is 2. The molecule has 0 aromatic carbocycles. The summed E-state index contributed by atoms with van der Waals surface area (Å²) in [5, 5.41) is 49.9. The first-order valence-electron chi connectivity index (χ1n) is 17.1. The van der Waals surface area contributed by atoms with Crippen molar-refractivity contribution in [3.8, 4) is 0 Å². The number of hydrogen-bond acceptors (Lipinski definition) is 12. The topological polar surface area (TPSA) is 371 Å². The fourth-order valence-corrected chi connectivity index (χ4v) is 5.22. The van der Waals surface area contributed by atoms with Crippen LogP contribution < -0.4 is 43.8 Å². The molecule has 0 spiro atoms. The van der Waals surface area contributed by atoms with E-state index in [1.807, 2.05) is 0 Å². The molecule has 0 aromatic heterocycles.